The van der Waals surface area contributed by atoms with Gasteiger partial charge in [-0.1, -0.05) is 41.9 Å². The summed E-state index contributed by atoms with van der Waals surface area (Å²) in [5.41, 5.74) is 5.65. The highest BCUT2D eigenvalue weighted by molar-refractivity contribution is 7.90. The number of anilines is 1. The zero-order chi connectivity index (χ0) is 26.0. The number of amides is 1. The first-order chi connectivity index (χ1) is 17.8. The Balaban J connectivity index is 1.42. The topological polar surface area (TPSA) is 78.5 Å². The standard InChI is InChI=1S/C27H24ClN3O3S3/c1-37(33,34)20-8-4-6-18(16-20)25-11-12-26(36-25)24-17-22(27(32)29-14-13-19-7-5-15-35-19)30-31(24)23-10-3-2-9-21(23)28/h2-12,15-17,22,30H,13-14H2,1H3,(H,29,32). The van der Waals surface area contributed by atoms with Gasteiger partial charge < -0.3 is 5.32 Å². The van der Waals surface area contributed by atoms with Crippen LogP contribution in [-0.4, -0.2) is 33.2 Å². The fraction of sp³-hybridized carbons (Fsp3) is 0.148. The first-order valence-corrected chi connectivity index (χ1v) is 15.5. The van der Waals surface area contributed by atoms with E-state index in [0.717, 1.165) is 33.1 Å². The van der Waals surface area contributed by atoms with E-state index in [4.69, 9.17) is 11.6 Å². The summed E-state index contributed by atoms with van der Waals surface area (Å²) in [5.74, 6) is -0.124. The number of para-hydroxylation sites is 1. The lowest BCUT2D eigenvalue weighted by atomic mass is 10.2. The summed E-state index contributed by atoms with van der Waals surface area (Å²) < 4.78 is 24.1. The Hall–Kier alpha value is -2.95. The van der Waals surface area contributed by atoms with Crippen LogP contribution in [-0.2, 0) is 21.1 Å². The maximum Gasteiger partial charge on any atom is 0.243 e. The highest BCUT2D eigenvalue weighted by Crippen LogP contribution is 2.39. The van der Waals surface area contributed by atoms with Crippen molar-refractivity contribution in [1.29, 1.82) is 0 Å². The van der Waals surface area contributed by atoms with Crippen LogP contribution in [0.25, 0.3) is 16.1 Å². The van der Waals surface area contributed by atoms with E-state index in [0.29, 0.717) is 11.6 Å². The van der Waals surface area contributed by atoms with E-state index in [9.17, 15) is 13.2 Å². The maximum absolute atomic E-state index is 13.0. The quantitative estimate of drug-likeness (QED) is 0.288. The third-order valence-corrected chi connectivity index (χ3v) is 9.39. The molecule has 0 bridgehead atoms. The van der Waals surface area contributed by atoms with Gasteiger partial charge >= 0.3 is 0 Å². The Labute approximate surface area is 229 Å². The van der Waals surface area contributed by atoms with E-state index in [1.807, 2.05) is 58.9 Å². The SMILES string of the molecule is CS(=O)(=O)c1cccc(-c2ccc(C3=CC(C(=O)NCCc4cccs4)NN3c3ccccc3Cl)s2)c1. The van der Waals surface area contributed by atoms with Crippen LogP contribution in [0.2, 0.25) is 5.02 Å². The van der Waals surface area contributed by atoms with Crippen molar-refractivity contribution in [3.8, 4) is 10.4 Å². The summed E-state index contributed by atoms with van der Waals surface area (Å²) in [6.07, 6.45) is 3.88. The summed E-state index contributed by atoms with van der Waals surface area (Å²) in [5, 5.41) is 7.44. The Bertz CT molecular complexity index is 1560. The highest BCUT2D eigenvalue weighted by atomic mass is 35.5. The van der Waals surface area contributed by atoms with Crippen LogP contribution in [0, 0.1) is 0 Å². The molecule has 0 spiro atoms. The van der Waals surface area contributed by atoms with Crippen LogP contribution >= 0.6 is 34.3 Å². The number of hydrogen-bond donors (Lipinski definition) is 2. The van der Waals surface area contributed by atoms with E-state index in [2.05, 4.69) is 16.8 Å². The number of hydrogen-bond acceptors (Lipinski definition) is 7. The van der Waals surface area contributed by atoms with E-state index in [1.54, 1.807) is 35.6 Å². The number of nitrogens with zero attached hydrogens (tertiary/aromatic N) is 1. The molecule has 1 amide bonds. The molecule has 10 heteroatoms. The summed E-state index contributed by atoms with van der Waals surface area (Å²) >= 11 is 9.72. The second-order valence-corrected chi connectivity index (χ2v) is 13.1. The van der Waals surface area contributed by atoms with Crippen LogP contribution in [0.5, 0.6) is 0 Å². The molecular formula is C27H24ClN3O3S3. The number of carbonyl (C=O) groups is 1. The first kappa shape index (κ1) is 25.7. The Morgan fingerprint density at radius 2 is 1.86 bits per heavy atom. The molecule has 2 N–H and O–H groups in total. The maximum atomic E-state index is 13.0. The molecule has 190 valence electrons. The van der Waals surface area contributed by atoms with E-state index >= 15 is 0 Å². The van der Waals surface area contributed by atoms with Gasteiger partial charge in [0.15, 0.2) is 9.84 Å². The molecule has 3 heterocycles. The second-order valence-electron chi connectivity index (χ2n) is 8.53. The fourth-order valence-electron chi connectivity index (χ4n) is 4.02. The number of hydrazine groups is 1. The van der Waals surface area contributed by atoms with Crippen LogP contribution in [0.1, 0.15) is 9.75 Å². The molecule has 1 unspecified atom stereocenters. The molecule has 1 aliphatic rings. The molecule has 0 saturated carbocycles. The monoisotopic (exact) mass is 569 g/mol. The Morgan fingerprint density at radius 3 is 2.62 bits per heavy atom. The number of halogens is 1. The predicted molar refractivity (Wildman–Crippen MR) is 153 cm³/mol. The summed E-state index contributed by atoms with van der Waals surface area (Å²) in [7, 11) is -3.31. The van der Waals surface area contributed by atoms with Crippen molar-refractivity contribution in [3.63, 3.8) is 0 Å². The lowest BCUT2D eigenvalue weighted by Gasteiger charge is -2.24. The Kier molecular flexibility index (Phi) is 7.50. The summed E-state index contributed by atoms with van der Waals surface area (Å²) in [4.78, 5) is 16.4. The number of carbonyl (C=O) groups excluding carboxylic acids is 1. The highest BCUT2D eigenvalue weighted by Gasteiger charge is 2.31. The minimum atomic E-state index is -3.31. The lowest BCUT2D eigenvalue weighted by molar-refractivity contribution is -0.121. The number of nitrogens with one attached hydrogen (secondary N) is 2. The van der Waals surface area contributed by atoms with Crippen molar-refractivity contribution in [2.45, 2.75) is 17.4 Å². The van der Waals surface area contributed by atoms with Crippen molar-refractivity contribution in [2.24, 2.45) is 0 Å². The third-order valence-electron chi connectivity index (χ3n) is 5.87. The van der Waals surface area contributed by atoms with Gasteiger partial charge in [0.25, 0.3) is 0 Å². The number of sulfone groups is 1. The normalized spacial score (nSPS) is 15.6. The summed E-state index contributed by atoms with van der Waals surface area (Å²) in [6.45, 7) is 0.548. The number of rotatable bonds is 8. The van der Waals surface area contributed by atoms with Crippen molar-refractivity contribution in [2.75, 3.05) is 17.8 Å². The molecule has 0 radical (unpaired) electrons. The van der Waals surface area contributed by atoms with E-state index in [-0.39, 0.29) is 10.8 Å². The average molecular weight is 570 g/mol. The zero-order valence-corrected chi connectivity index (χ0v) is 23.1. The zero-order valence-electron chi connectivity index (χ0n) is 19.8. The smallest absolute Gasteiger partial charge is 0.243 e. The molecule has 2 aromatic heterocycles. The molecule has 6 nitrogen and oxygen atoms in total. The van der Waals surface area contributed by atoms with E-state index in [1.165, 1.54) is 22.5 Å². The second kappa shape index (κ2) is 10.8. The van der Waals surface area contributed by atoms with Crippen LogP contribution < -0.4 is 15.8 Å². The van der Waals surface area contributed by atoms with Crippen molar-refractivity contribution >= 4 is 61.4 Å². The fourth-order valence-corrected chi connectivity index (χ4v) is 6.64. The molecule has 0 fully saturated rings. The number of thiophene rings is 2. The van der Waals surface area contributed by atoms with Crippen LogP contribution in [0.15, 0.2) is 89.1 Å². The first-order valence-electron chi connectivity index (χ1n) is 11.5. The van der Waals surface area contributed by atoms with Gasteiger partial charge in [0.05, 0.1) is 26.2 Å². The van der Waals surface area contributed by atoms with Gasteiger partial charge in [0.1, 0.15) is 6.04 Å². The average Bonchev–Trinajstić information content (AvgIpc) is 3.64. The van der Waals surface area contributed by atoms with E-state index < -0.39 is 15.9 Å². The van der Waals surface area contributed by atoms with Crippen LogP contribution in [0.3, 0.4) is 0 Å². The largest absolute Gasteiger partial charge is 0.354 e. The molecule has 37 heavy (non-hydrogen) atoms. The summed E-state index contributed by atoms with van der Waals surface area (Å²) in [6, 6.07) is 21.8. The van der Waals surface area contributed by atoms with Crippen molar-refractivity contribution in [1.82, 2.24) is 10.7 Å². The minimum Gasteiger partial charge on any atom is -0.354 e. The predicted octanol–water partition coefficient (Wildman–Crippen LogP) is 5.63. The van der Waals surface area contributed by atoms with Gasteiger partial charge in [-0.2, -0.15) is 0 Å². The van der Waals surface area contributed by atoms with Gasteiger partial charge in [0, 0.05) is 22.6 Å². The molecule has 1 atom stereocenters. The van der Waals surface area contributed by atoms with Gasteiger partial charge in [-0.15, -0.1) is 22.7 Å². The van der Waals surface area contributed by atoms with Crippen molar-refractivity contribution < 1.29 is 13.2 Å². The number of benzene rings is 2. The molecule has 0 aliphatic carbocycles. The van der Waals surface area contributed by atoms with Gasteiger partial charge in [-0.25, -0.2) is 13.8 Å². The molecule has 1 aliphatic heterocycles. The third kappa shape index (κ3) is 5.81. The molecule has 5 rings (SSSR count). The Morgan fingerprint density at radius 1 is 1.05 bits per heavy atom. The molecule has 2 aromatic carbocycles. The molecule has 0 saturated heterocycles. The van der Waals surface area contributed by atoms with Gasteiger partial charge in [-0.3, -0.25) is 9.80 Å². The molecular weight excluding hydrogens is 546 g/mol. The lowest BCUT2D eigenvalue weighted by Crippen LogP contribution is -2.46. The molecule has 4 aromatic rings. The minimum absolute atomic E-state index is 0.124. The van der Waals surface area contributed by atoms with Crippen molar-refractivity contribution in [3.05, 3.63) is 99.0 Å². The van der Waals surface area contributed by atoms with Gasteiger partial charge in [-0.05, 0) is 65.9 Å². The van der Waals surface area contributed by atoms with Gasteiger partial charge in [0.2, 0.25) is 5.91 Å². The van der Waals surface area contributed by atoms with Crippen LogP contribution in [0.4, 0.5) is 5.69 Å².